The van der Waals surface area contributed by atoms with E-state index >= 15 is 0 Å². The van der Waals surface area contributed by atoms with Gasteiger partial charge in [0.15, 0.2) is 0 Å². The van der Waals surface area contributed by atoms with Crippen molar-refractivity contribution >= 4 is 17.8 Å². The molecule has 1 aliphatic heterocycles. The van der Waals surface area contributed by atoms with Crippen molar-refractivity contribution in [3.63, 3.8) is 0 Å². The molecule has 0 radical (unpaired) electrons. The highest BCUT2D eigenvalue weighted by Crippen LogP contribution is 2.33. The molecule has 4 amide bonds. The molecule has 2 fully saturated rings. The lowest BCUT2D eigenvalue weighted by atomic mass is 9.82. The summed E-state index contributed by atoms with van der Waals surface area (Å²) >= 11 is 0. The number of benzene rings is 1. The van der Waals surface area contributed by atoms with Crippen molar-refractivity contribution in [2.24, 2.45) is 0 Å². The van der Waals surface area contributed by atoms with Gasteiger partial charge in [0, 0.05) is 20.0 Å². The van der Waals surface area contributed by atoms with Crippen LogP contribution in [0.4, 0.5) is 4.79 Å². The minimum Gasteiger partial charge on any atom is -0.339 e. The van der Waals surface area contributed by atoms with Crippen molar-refractivity contribution in [2.75, 3.05) is 13.6 Å². The Labute approximate surface area is 154 Å². The lowest BCUT2D eigenvalue weighted by Crippen LogP contribution is -2.48. The van der Waals surface area contributed by atoms with Crippen LogP contribution in [-0.4, -0.2) is 46.8 Å². The van der Waals surface area contributed by atoms with E-state index in [4.69, 9.17) is 0 Å². The highest BCUT2D eigenvalue weighted by molar-refractivity contribution is 6.07. The molecule has 1 N–H and O–H groups in total. The second-order valence-electron chi connectivity index (χ2n) is 7.37. The molecule has 6 nitrogen and oxygen atoms in total. The van der Waals surface area contributed by atoms with Crippen LogP contribution in [0.3, 0.4) is 0 Å². The van der Waals surface area contributed by atoms with Crippen molar-refractivity contribution in [2.45, 2.75) is 57.0 Å². The molecular formula is C20H27N3O3. The molecule has 6 heteroatoms. The maximum absolute atomic E-state index is 12.7. The summed E-state index contributed by atoms with van der Waals surface area (Å²) in [4.78, 5) is 40.5. The van der Waals surface area contributed by atoms with Crippen LogP contribution in [0.25, 0.3) is 0 Å². The molecule has 1 spiro atoms. The van der Waals surface area contributed by atoms with Gasteiger partial charge in [-0.25, -0.2) is 4.79 Å². The summed E-state index contributed by atoms with van der Waals surface area (Å²) in [6.45, 7) is 2.11. The third kappa shape index (κ3) is 3.45. The van der Waals surface area contributed by atoms with Crippen molar-refractivity contribution in [3.05, 3.63) is 35.9 Å². The summed E-state index contributed by atoms with van der Waals surface area (Å²) in [5.74, 6) is -0.236. The Kier molecular flexibility index (Phi) is 5.30. The summed E-state index contributed by atoms with van der Waals surface area (Å²) in [7, 11) is 1.76. The van der Waals surface area contributed by atoms with Gasteiger partial charge in [0.2, 0.25) is 5.91 Å². The van der Waals surface area contributed by atoms with Gasteiger partial charge in [-0.3, -0.25) is 14.5 Å². The number of nitrogens with zero attached hydrogens (tertiary/aromatic N) is 2. The van der Waals surface area contributed by atoms with E-state index in [0.29, 0.717) is 12.8 Å². The fourth-order valence-electron chi connectivity index (χ4n) is 3.93. The van der Waals surface area contributed by atoms with Crippen LogP contribution in [0.15, 0.2) is 30.3 Å². The predicted octanol–water partition coefficient (Wildman–Crippen LogP) is 2.85. The molecule has 1 aromatic carbocycles. The Morgan fingerprint density at radius 2 is 1.85 bits per heavy atom. The van der Waals surface area contributed by atoms with Crippen LogP contribution in [0.5, 0.6) is 0 Å². The number of nitrogens with one attached hydrogen (secondary N) is 1. The van der Waals surface area contributed by atoms with Gasteiger partial charge in [-0.2, -0.15) is 0 Å². The third-order valence-electron chi connectivity index (χ3n) is 5.76. The molecule has 3 rings (SSSR count). The Bertz CT molecular complexity index is 683. The molecule has 1 atom stereocenters. The molecule has 2 aliphatic rings. The summed E-state index contributed by atoms with van der Waals surface area (Å²) in [6.07, 6.45) is 4.56. The fraction of sp³-hybridized carbons (Fsp3) is 0.550. The molecule has 140 valence electrons. The summed E-state index contributed by atoms with van der Waals surface area (Å²) in [5.41, 5.74) is 0.334. The van der Waals surface area contributed by atoms with E-state index < -0.39 is 5.54 Å². The second kappa shape index (κ2) is 7.48. The Morgan fingerprint density at radius 1 is 1.19 bits per heavy atom. The van der Waals surface area contributed by atoms with Crippen LogP contribution in [0.1, 0.15) is 57.1 Å². The van der Waals surface area contributed by atoms with Gasteiger partial charge in [0.1, 0.15) is 5.54 Å². The average molecular weight is 357 g/mol. The lowest BCUT2D eigenvalue weighted by Gasteiger charge is -2.30. The minimum absolute atomic E-state index is 0.0588. The van der Waals surface area contributed by atoms with Gasteiger partial charge < -0.3 is 10.2 Å². The average Bonchev–Trinajstić information content (AvgIpc) is 2.89. The molecule has 1 aromatic rings. The predicted molar refractivity (Wildman–Crippen MR) is 98.3 cm³/mol. The van der Waals surface area contributed by atoms with E-state index in [1.165, 1.54) is 4.90 Å². The Morgan fingerprint density at radius 3 is 2.50 bits per heavy atom. The first-order valence-electron chi connectivity index (χ1n) is 9.39. The quantitative estimate of drug-likeness (QED) is 0.824. The van der Waals surface area contributed by atoms with Gasteiger partial charge in [-0.05, 0) is 25.3 Å². The maximum atomic E-state index is 12.7. The first-order valence-corrected chi connectivity index (χ1v) is 9.39. The highest BCUT2D eigenvalue weighted by Gasteiger charge is 2.51. The van der Waals surface area contributed by atoms with E-state index in [1.54, 1.807) is 11.9 Å². The third-order valence-corrected chi connectivity index (χ3v) is 5.76. The topological polar surface area (TPSA) is 69.7 Å². The standard InChI is InChI=1S/C20H27N3O3/c1-15(16-9-5-3-6-10-16)22(2)17(24)11-14-23-18(25)20(21-19(23)26)12-7-4-8-13-20/h3,5-6,9-10,15H,4,7-8,11-14H2,1-2H3,(H,21,26)/t15-/m0/s1. The van der Waals surface area contributed by atoms with Crippen molar-refractivity contribution in [1.29, 1.82) is 0 Å². The van der Waals surface area contributed by atoms with E-state index in [2.05, 4.69) is 5.32 Å². The van der Waals surface area contributed by atoms with Gasteiger partial charge in [0.05, 0.1) is 6.04 Å². The van der Waals surface area contributed by atoms with E-state index in [1.807, 2.05) is 37.3 Å². The number of carbonyl (C=O) groups is 3. The van der Waals surface area contributed by atoms with Crippen molar-refractivity contribution < 1.29 is 14.4 Å². The molecule has 1 saturated heterocycles. The largest absolute Gasteiger partial charge is 0.339 e. The summed E-state index contributed by atoms with van der Waals surface area (Å²) < 4.78 is 0. The molecule has 0 unspecified atom stereocenters. The van der Waals surface area contributed by atoms with Crippen LogP contribution in [-0.2, 0) is 9.59 Å². The summed E-state index contributed by atoms with van der Waals surface area (Å²) in [5, 5.41) is 2.88. The number of imide groups is 1. The smallest absolute Gasteiger partial charge is 0.325 e. The maximum Gasteiger partial charge on any atom is 0.325 e. The van der Waals surface area contributed by atoms with Crippen LogP contribution in [0, 0.1) is 0 Å². The molecule has 1 heterocycles. The Balaban J connectivity index is 1.59. The zero-order valence-electron chi connectivity index (χ0n) is 15.5. The molecule has 1 aliphatic carbocycles. The van der Waals surface area contributed by atoms with Gasteiger partial charge in [0.25, 0.3) is 5.91 Å². The van der Waals surface area contributed by atoms with Crippen LogP contribution in [0.2, 0.25) is 0 Å². The molecular weight excluding hydrogens is 330 g/mol. The zero-order chi connectivity index (χ0) is 18.7. The minimum atomic E-state index is -0.721. The number of rotatable bonds is 5. The zero-order valence-corrected chi connectivity index (χ0v) is 15.5. The van der Waals surface area contributed by atoms with E-state index in [0.717, 1.165) is 24.8 Å². The second-order valence-corrected chi connectivity index (χ2v) is 7.37. The van der Waals surface area contributed by atoms with E-state index in [9.17, 15) is 14.4 Å². The van der Waals surface area contributed by atoms with Crippen molar-refractivity contribution in [1.82, 2.24) is 15.1 Å². The number of urea groups is 1. The van der Waals surface area contributed by atoms with Crippen LogP contribution < -0.4 is 5.32 Å². The van der Waals surface area contributed by atoms with Crippen LogP contribution >= 0.6 is 0 Å². The number of amides is 4. The normalized spacial score (nSPS) is 20.2. The highest BCUT2D eigenvalue weighted by atomic mass is 16.2. The number of carbonyl (C=O) groups excluding carboxylic acids is 3. The van der Waals surface area contributed by atoms with Gasteiger partial charge in [-0.15, -0.1) is 0 Å². The molecule has 1 saturated carbocycles. The van der Waals surface area contributed by atoms with E-state index in [-0.39, 0.29) is 36.9 Å². The number of hydrogen-bond donors (Lipinski definition) is 1. The van der Waals surface area contributed by atoms with Gasteiger partial charge >= 0.3 is 6.03 Å². The first-order chi connectivity index (χ1) is 12.4. The van der Waals surface area contributed by atoms with Crippen molar-refractivity contribution in [3.8, 4) is 0 Å². The SMILES string of the molecule is C[C@@H](c1ccccc1)N(C)C(=O)CCN1C(=O)NC2(CCCCC2)C1=O. The Hall–Kier alpha value is -2.37. The molecule has 0 bridgehead atoms. The summed E-state index contributed by atoms with van der Waals surface area (Å²) in [6, 6.07) is 9.39. The molecule has 26 heavy (non-hydrogen) atoms. The first kappa shape index (κ1) is 18.4. The monoisotopic (exact) mass is 357 g/mol. The molecule has 0 aromatic heterocycles. The van der Waals surface area contributed by atoms with Gasteiger partial charge in [-0.1, -0.05) is 49.6 Å². The lowest BCUT2D eigenvalue weighted by molar-refractivity contribution is -0.134. The number of hydrogen-bond acceptors (Lipinski definition) is 3. The fourth-order valence-corrected chi connectivity index (χ4v) is 3.93.